The number of amides is 1. The largest absolute Gasteiger partial charge is 0.444 e. The van der Waals surface area contributed by atoms with Crippen molar-refractivity contribution in [3.05, 3.63) is 71.2 Å². The van der Waals surface area contributed by atoms with E-state index in [0.717, 1.165) is 33.8 Å². The summed E-state index contributed by atoms with van der Waals surface area (Å²) in [6.07, 6.45) is 3.20. The fraction of sp³-hybridized carbons (Fsp3) is 0.333. The fourth-order valence-corrected chi connectivity index (χ4v) is 3.50. The van der Waals surface area contributed by atoms with E-state index in [2.05, 4.69) is 38.5 Å². The summed E-state index contributed by atoms with van der Waals surface area (Å²) in [5.74, 6) is 1.45. The van der Waals surface area contributed by atoms with Gasteiger partial charge >= 0.3 is 6.09 Å². The van der Waals surface area contributed by atoms with Crippen molar-refractivity contribution >= 4 is 11.9 Å². The summed E-state index contributed by atoms with van der Waals surface area (Å²) < 4.78 is 5.50. The average molecular weight is 418 g/mol. The maximum absolute atomic E-state index is 12.4. The first kappa shape index (κ1) is 20.8. The molecule has 7 heteroatoms. The number of benzene rings is 1. The van der Waals surface area contributed by atoms with Gasteiger partial charge in [0.15, 0.2) is 5.82 Å². The number of anilines is 1. The molecule has 1 aliphatic rings. The number of hydrogen-bond donors (Lipinski definition) is 1. The molecular weight excluding hydrogens is 390 g/mol. The summed E-state index contributed by atoms with van der Waals surface area (Å²) in [6.45, 7) is 9.38. The van der Waals surface area contributed by atoms with E-state index < -0.39 is 5.60 Å². The van der Waals surface area contributed by atoms with Crippen LogP contribution in [0.5, 0.6) is 0 Å². The third kappa shape index (κ3) is 5.17. The van der Waals surface area contributed by atoms with E-state index in [1.807, 2.05) is 45.9 Å². The quantitative estimate of drug-likeness (QED) is 0.662. The summed E-state index contributed by atoms with van der Waals surface area (Å²) in [6, 6.07) is 12.0. The highest BCUT2D eigenvalue weighted by atomic mass is 16.6. The molecule has 0 aliphatic carbocycles. The SMILES string of the molecule is Cc1cc(NCc2ccc3c(c2)CN(C(=O)OC(C)(C)C)C3)nc(-c2ccncc2)n1. The molecule has 0 radical (unpaired) electrons. The minimum Gasteiger partial charge on any atom is -0.444 e. The Morgan fingerprint density at radius 3 is 2.55 bits per heavy atom. The number of fused-ring (bicyclic) bond motifs is 1. The van der Waals surface area contributed by atoms with Crippen LogP contribution in [0, 0.1) is 6.92 Å². The Labute approximate surface area is 182 Å². The standard InChI is InChI=1S/C24H27N5O2/c1-16-11-21(28-22(27-16)18-7-9-25-10-8-18)26-13-17-5-6-19-14-29(15-20(19)12-17)23(30)31-24(2,3)4/h5-12H,13-15H2,1-4H3,(H,26,27,28). The summed E-state index contributed by atoms with van der Waals surface area (Å²) in [5, 5.41) is 3.40. The highest BCUT2D eigenvalue weighted by molar-refractivity contribution is 5.69. The van der Waals surface area contributed by atoms with Crippen LogP contribution in [-0.2, 0) is 24.4 Å². The van der Waals surface area contributed by atoms with Crippen molar-refractivity contribution in [1.82, 2.24) is 19.9 Å². The molecule has 31 heavy (non-hydrogen) atoms. The molecule has 4 rings (SSSR count). The van der Waals surface area contributed by atoms with Crippen molar-refractivity contribution in [2.75, 3.05) is 5.32 Å². The molecule has 2 aromatic heterocycles. The molecular formula is C24H27N5O2. The predicted octanol–water partition coefficient (Wildman–Crippen LogP) is 4.71. The van der Waals surface area contributed by atoms with E-state index in [0.29, 0.717) is 25.5 Å². The van der Waals surface area contributed by atoms with Gasteiger partial charge in [0, 0.05) is 49.4 Å². The summed E-state index contributed by atoms with van der Waals surface area (Å²) >= 11 is 0. The predicted molar refractivity (Wildman–Crippen MR) is 119 cm³/mol. The van der Waals surface area contributed by atoms with Crippen molar-refractivity contribution in [2.24, 2.45) is 0 Å². The number of carbonyl (C=O) groups is 1. The molecule has 160 valence electrons. The highest BCUT2D eigenvalue weighted by Gasteiger charge is 2.27. The normalized spacial score (nSPS) is 13.1. The molecule has 0 saturated heterocycles. The molecule has 0 fully saturated rings. The fourth-order valence-electron chi connectivity index (χ4n) is 3.50. The van der Waals surface area contributed by atoms with E-state index in [1.165, 1.54) is 0 Å². The van der Waals surface area contributed by atoms with Crippen molar-refractivity contribution in [3.63, 3.8) is 0 Å². The van der Waals surface area contributed by atoms with Crippen LogP contribution in [0.4, 0.5) is 10.6 Å². The van der Waals surface area contributed by atoms with E-state index >= 15 is 0 Å². The number of nitrogens with zero attached hydrogens (tertiary/aromatic N) is 4. The van der Waals surface area contributed by atoms with Gasteiger partial charge in [-0.3, -0.25) is 9.88 Å². The first-order valence-corrected chi connectivity index (χ1v) is 10.4. The summed E-state index contributed by atoms with van der Waals surface area (Å²) in [5.41, 5.74) is 4.78. The molecule has 1 aromatic carbocycles. The van der Waals surface area contributed by atoms with Gasteiger partial charge in [0.2, 0.25) is 0 Å². The molecule has 7 nitrogen and oxygen atoms in total. The maximum atomic E-state index is 12.4. The van der Waals surface area contributed by atoms with Crippen molar-refractivity contribution in [2.45, 2.75) is 52.9 Å². The number of ether oxygens (including phenoxy) is 1. The second-order valence-electron chi connectivity index (χ2n) is 8.75. The smallest absolute Gasteiger partial charge is 0.410 e. The van der Waals surface area contributed by atoms with Crippen molar-refractivity contribution in [3.8, 4) is 11.4 Å². The second kappa shape index (κ2) is 8.34. The summed E-state index contributed by atoms with van der Waals surface area (Å²) in [7, 11) is 0. The third-order valence-electron chi connectivity index (χ3n) is 4.91. The number of rotatable bonds is 4. The van der Waals surface area contributed by atoms with E-state index in [-0.39, 0.29) is 6.09 Å². The van der Waals surface area contributed by atoms with Crippen LogP contribution in [0.2, 0.25) is 0 Å². The molecule has 1 aliphatic heterocycles. The summed E-state index contributed by atoms with van der Waals surface area (Å²) in [4.78, 5) is 27.3. The van der Waals surface area contributed by atoms with Crippen molar-refractivity contribution < 1.29 is 9.53 Å². The van der Waals surface area contributed by atoms with Gasteiger partial charge < -0.3 is 10.1 Å². The number of nitrogens with one attached hydrogen (secondary N) is 1. The van der Waals surface area contributed by atoms with Gasteiger partial charge in [0.05, 0.1) is 0 Å². The van der Waals surface area contributed by atoms with Crippen LogP contribution < -0.4 is 5.32 Å². The topological polar surface area (TPSA) is 80.2 Å². The minimum atomic E-state index is -0.494. The minimum absolute atomic E-state index is 0.275. The maximum Gasteiger partial charge on any atom is 0.410 e. The van der Waals surface area contributed by atoms with Crippen molar-refractivity contribution in [1.29, 1.82) is 0 Å². The zero-order valence-corrected chi connectivity index (χ0v) is 18.3. The second-order valence-corrected chi connectivity index (χ2v) is 8.75. The van der Waals surface area contributed by atoms with Crippen LogP contribution in [0.25, 0.3) is 11.4 Å². The van der Waals surface area contributed by atoms with Gasteiger partial charge in [-0.05, 0) is 56.5 Å². The number of carbonyl (C=O) groups excluding carboxylic acids is 1. The molecule has 0 unspecified atom stereocenters. The molecule has 3 aromatic rings. The molecule has 0 atom stereocenters. The third-order valence-corrected chi connectivity index (χ3v) is 4.91. The Hall–Kier alpha value is -3.48. The number of pyridine rings is 1. The first-order valence-electron chi connectivity index (χ1n) is 10.4. The monoisotopic (exact) mass is 417 g/mol. The number of hydrogen-bond acceptors (Lipinski definition) is 6. The molecule has 0 bridgehead atoms. The van der Waals surface area contributed by atoms with Crippen LogP contribution in [0.15, 0.2) is 48.8 Å². The Balaban J connectivity index is 1.43. The lowest BCUT2D eigenvalue weighted by molar-refractivity contribution is 0.0242. The highest BCUT2D eigenvalue weighted by Crippen LogP contribution is 2.26. The Bertz CT molecular complexity index is 1090. The van der Waals surface area contributed by atoms with Crippen LogP contribution in [0.3, 0.4) is 0 Å². The van der Waals surface area contributed by atoms with Crippen LogP contribution in [-0.4, -0.2) is 31.5 Å². The zero-order chi connectivity index (χ0) is 22.0. The van der Waals surface area contributed by atoms with Crippen LogP contribution >= 0.6 is 0 Å². The lowest BCUT2D eigenvalue weighted by Crippen LogP contribution is -2.33. The van der Waals surface area contributed by atoms with Gasteiger partial charge in [0.1, 0.15) is 11.4 Å². The Morgan fingerprint density at radius 1 is 1.06 bits per heavy atom. The first-order chi connectivity index (χ1) is 14.8. The van der Waals surface area contributed by atoms with E-state index in [9.17, 15) is 4.79 Å². The van der Waals surface area contributed by atoms with Gasteiger partial charge in [0.25, 0.3) is 0 Å². The molecule has 0 spiro atoms. The number of aryl methyl sites for hydroxylation is 1. The average Bonchev–Trinajstić information content (AvgIpc) is 3.15. The van der Waals surface area contributed by atoms with E-state index in [1.54, 1.807) is 17.3 Å². The van der Waals surface area contributed by atoms with E-state index in [4.69, 9.17) is 4.74 Å². The van der Waals surface area contributed by atoms with Gasteiger partial charge in [-0.25, -0.2) is 14.8 Å². The number of aromatic nitrogens is 3. The Morgan fingerprint density at radius 2 is 1.81 bits per heavy atom. The van der Waals surface area contributed by atoms with Gasteiger partial charge in [-0.15, -0.1) is 0 Å². The molecule has 3 heterocycles. The zero-order valence-electron chi connectivity index (χ0n) is 18.3. The van der Waals surface area contributed by atoms with Gasteiger partial charge in [-0.2, -0.15) is 0 Å². The van der Waals surface area contributed by atoms with Gasteiger partial charge in [-0.1, -0.05) is 18.2 Å². The Kier molecular flexibility index (Phi) is 5.59. The molecule has 1 amide bonds. The molecule has 1 N–H and O–H groups in total. The lowest BCUT2D eigenvalue weighted by Gasteiger charge is -2.24. The molecule has 0 saturated carbocycles. The van der Waals surface area contributed by atoms with Crippen LogP contribution in [0.1, 0.15) is 43.2 Å². The lowest BCUT2D eigenvalue weighted by atomic mass is 10.1.